The number of hydrogen-bond donors (Lipinski definition) is 2. The van der Waals surface area contributed by atoms with Crippen molar-refractivity contribution in [1.82, 2.24) is 10.0 Å². The number of nitrogens with one attached hydrogen (secondary N) is 2. The van der Waals surface area contributed by atoms with E-state index in [2.05, 4.69) is 10.0 Å². The van der Waals surface area contributed by atoms with Gasteiger partial charge >= 0.3 is 5.97 Å². The van der Waals surface area contributed by atoms with Crippen LogP contribution in [0.25, 0.3) is 0 Å². The van der Waals surface area contributed by atoms with E-state index >= 15 is 0 Å². The molecule has 0 aliphatic carbocycles. The lowest BCUT2D eigenvalue weighted by Crippen LogP contribution is -2.41. The van der Waals surface area contributed by atoms with Gasteiger partial charge in [-0.2, -0.15) is 4.72 Å². The maximum atomic E-state index is 12.6. The van der Waals surface area contributed by atoms with Crippen LogP contribution in [-0.2, 0) is 30.9 Å². The third-order valence-electron chi connectivity index (χ3n) is 4.63. The number of ether oxygens (including phenoxy) is 2. The molecule has 1 atom stereocenters. The first kappa shape index (κ1) is 24.4. The molecule has 0 saturated carbocycles. The van der Waals surface area contributed by atoms with Gasteiger partial charge in [0.15, 0.2) is 0 Å². The van der Waals surface area contributed by atoms with Crippen LogP contribution in [0.4, 0.5) is 0 Å². The lowest BCUT2D eigenvalue weighted by molar-refractivity contribution is -0.142. The summed E-state index contributed by atoms with van der Waals surface area (Å²) in [5, 5.41) is 2.84. The number of rotatable bonds is 12. The van der Waals surface area contributed by atoms with Gasteiger partial charge in [-0.3, -0.25) is 9.59 Å². The predicted molar refractivity (Wildman–Crippen MR) is 116 cm³/mol. The van der Waals surface area contributed by atoms with Crippen LogP contribution in [0.15, 0.2) is 59.5 Å². The van der Waals surface area contributed by atoms with Crippen LogP contribution in [0.1, 0.15) is 31.2 Å². The van der Waals surface area contributed by atoms with E-state index in [-0.39, 0.29) is 23.6 Å². The molecule has 0 bridgehead atoms. The van der Waals surface area contributed by atoms with E-state index in [0.29, 0.717) is 25.1 Å². The number of sulfonamides is 1. The molecular weight excluding hydrogens is 420 g/mol. The number of unbranched alkanes of at least 4 members (excludes halogenated alkanes) is 1. The lowest BCUT2D eigenvalue weighted by Gasteiger charge is -2.17. The van der Waals surface area contributed by atoms with Crippen molar-refractivity contribution >= 4 is 21.9 Å². The fraction of sp³-hybridized carbons (Fsp3) is 0.364. The standard InChI is InChI=1S/C22H28N2O6S/c1-29-18-12-14-19(15-13-18)31(27,28)24-20(22(26)30-2)10-6-7-11-21(25)23-16-17-8-4-3-5-9-17/h3-5,8-9,12-15,20,24H,6-7,10-11,16H2,1-2H3,(H,23,25). The van der Waals surface area contributed by atoms with Gasteiger partial charge in [-0.15, -0.1) is 0 Å². The number of esters is 1. The van der Waals surface area contributed by atoms with Crippen LogP contribution in [0.2, 0.25) is 0 Å². The summed E-state index contributed by atoms with van der Waals surface area (Å²) in [6.45, 7) is 0.451. The summed E-state index contributed by atoms with van der Waals surface area (Å²) in [6, 6.07) is 14.4. The summed E-state index contributed by atoms with van der Waals surface area (Å²) >= 11 is 0. The Kier molecular flexibility index (Phi) is 9.48. The minimum absolute atomic E-state index is 0.0162. The van der Waals surface area contributed by atoms with E-state index < -0.39 is 22.0 Å². The Bertz CT molecular complexity index is 946. The van der Waals surface area contributed by atoms with Gasteiger partial charge in [0.25, 0.3) is 0 Å². The molecule has 0 spiro atoms. The summed E-state index contributed by atoms with van der Waals surface area (Å²) < 4.78 is 37.3. The molecule has 2 aromatic rings. The zero-order valence-electron chi connectivity index (χ0n) is 17.7. The van der Waals surface area contributed by atoms with Gasteiger partial charge in [-0.25, -0.2) is 8.42 Å². The van der Waals surface area contributed by atoms with Gasteiger partial charge in [0, 0.05) is 13.0 Å². The molecule has 2 N–H and O–H groups in total. The van der Waals surface area contributed by atoms with Crippen LogP contribution < -0.4 is 14.8 Å². The molecule has 31 heavy (non-hydrogen) atoms. The fourth-order valence-electron chi connectivity index (χ4n) is 2.90. The molecule has 0 fully saturated rings. The van der Waals surface area contributed by atoms with Crippen LogP contribution in [-0.4, -0.2) is 40.6 Å². The summed E-state index contributed by atoms with van der Waals surface area (Å²) in [7, 11) is -1.23. The Balaban J connectivity index is 1.84. The molecule has 1 unspecified atom stereocenters. The fourth-order valence-corrected chi connectivity index (χ4v) is 4.12. The van der Waals surface area contributed by atoms with E-state index in [9.17, 15) is 18.0 Å². The second-order valence-electron chi connectivity index (χ2n) is 6.88. The van der Waals surface area contributed by atoms with Crippen molar-refractivity contribution in [2.24, 2.45) is 0 Å². The highest BCUT2D eigenvalue weighted by atomic mass is 32.2. The normalized spacial score (nSPS) is 12.1. The maximum absolute atomic E-state index is 12.6. The van der Waals surface area contributed by atoms with Crippen LogP contribution >= 0.6 is 0 Å². The quantitative estimate of drug-likeness (QED) is 0.381. The van der Waals surface area contributed by atoms with Crippen molar-refractivity contribution in [2.75, 3.05) is 14.2 Å². The topological polar surface area (TPSA) is 111 Å². The van der Waals surface area contributed by atoms with E-state index in [0.717, 1.165) is 5.56 Å². The average molecular weight is 449 g/mol. The minimum atomic E-state index is -3.92. The van der Waals surface area contributed by atoms with E-state index in [1.165, 1.54) is 38.5 Å². The molecule has 168 valence electrons. The molecule has 1 amide bonds. The van der Waals surface area contributed by atoms with Crippen LogP contribution in [0, 0.1) is 0 Å². The second-order valence-corrected chi connectivity index (χ2v) is 8.59. The van der Waals surface area contributed by atoms with Crippen LogP contribution in [0.3, 0.4) is 0 Å². The summed E-state index contributed by atoms with van der Waals surface area (Å²) in [5.74, 6) is -0.253. The van der Waals surface area contributed by atoms with Gasteiger partial charge in [-0.05, 0) is 42.7 Å². The van der Waals surface area contributed by atoms with Crippen LogP contribution in [0.5, 0.6) is 5.75 Å². The molecule has 2 rings (SSSR count). The molecular formula is C22H28N2O6S. The number of hydrogen-bond acceptors (Lipinski definition) is 6. The monoisotopic (exact) mass is 448 g/mol. The largest absolute Gasteiger partial charge is 0.497 e. The highest BCUT2D eigenvalue weighted by molar-refractivity contribution is 7.89. The molecule has 0 radical (unpaired) electrons. The molecule has 0 aliphatic heterocycles. The zero-order chi connectivity index (χ0) is 22.7. The number of benzene rings is 2. The molecule has 2 aromatic carbocycles. The first-order valence-corrected chi connectivity index (χ1v) is 11.4. The molecule has 0 aliphatic rings. The van der Waals surface area contributed by atoms with Crippen molar-refractivity contribution in [3.8, 4) is 5.75 Å². The average Bonchev–Trinajstić information content (AvgIpc) is 2.79. The molecule has 0 heterocycles. The highest BCUT2D eigenvalue weighted by Crippen LogP contribution is 2.17. The number of amides is 1. The Morgan fingerprint density at radius 2 is 1.65 bits per heavy atom. The molecule has 0 saturated heterocycles. The van der Waals surface area contributed by atoms with Crippen molar-refractivity contribution in [1.29, 1.82) is 0 Å². The molecule has 9 heteroatoms. The predicted octanol–water partition coefficient (Wildman–Crippen LogP) is 2.39. The lowest BCUT2D eigenvalue weighted by atomic mass is 10.1. The minimum Gasteiger partial charge on any atom is -0.497 e. The SMILES string of the molecule is COC(=O)C(CCCCC(=O)NCc1ccccc1)NS(=O)(=O)c1ccc(OC)cc1. The number of carbonyl (C=O) groups excluding carboxylic acids is 2. The van der Waals surface area contributed by atoms with E-state index in [1.54, 1.807) is 0 Å². The summed E-state index contributed by atoms with van der Waals surface area (Å²) in [6.07, 6.45) is 1.49. The van der Waals surface area contributed by atoms with E-state index in [4.69, 9.17) is 9.47 Å². The van der Waals surface area contributed by atoms with Gasteiger partial charge in [0.1, 0.15) is 11.8 Å². The Labute approximate surface area is 183 Å². The van der Waals surface area contributed by atoms with E-state index in [1.807, 2.05) is 30.3 Å². The van der Waals surface area contributed by atoms with Gasteiger partial charge < -0.3 is 14.8 Å². The van der Waals surface area contributed by atoms with Gasteiger partial charge in [0.05, 0.1) is 19.1 Å². The first-order valence-electron chi connectivity index (χ1n) is 9.90. The number of methoxy groups -OCH3 is 2. The van der Waals surface area contributed by atoms with Crippen molar-refractivity contribution < 1.29 is 27.5 Å². The second kappa shape index (κ2) is 12.1. The smallest absolute Gasteiger partial charge is 0.323 e. The highest BCUT2D eigenvalue weighted by Gasteiger charge is 2.26. The van der Waals surface area contributed by atoms with Crippen molar-refractivity contribution in [3.05, 3.63) is 60.2 Å². The Morgan fingerprint density at radius 3 is 2.26 bits per heavy atom. The van der Waals surface area contributed by atoms with Gasteiger partial charge in [0.2, 0.25) is 15.9 Å². The van der Waals surface area contributed by atoms with Crippen molar-refractivity contribution in [2.45, 2.75) is 43.2 Å². The molecule has 0 aromatic heterocycles. The van der Waals surface area contributed by atoms with Crippen molar-refractivity contribution in [3.63, 3.8) is 0 Å². The van der Waals surface area contributed by atoms with Gasteiger partial charge in [-0.1, -0.05) is 36.8 Å². The molecule has 8 nitrogen and oxygen atoms in total. The third-order valence-corrected chi connectivity index (χ3v) is 6.12. The summed E-state index contributed by atoms with van der Waals surface area (Å²) in [5.41, 5.74) is 1.01. The maximum Gasteiger partial charge on any atom is 0.323 e. The third kappa shape index (κ3) is 8.03. The first-order chi connectivity index (χ1) is 14.9. The Hall–Kier alpha value is -2.91. The summed E-state index contributed by atoms with van der Waals surface area (Å²) in [4.78, 5) is 24.1. The number of carbonyl (C=O) groups is 2. The zero-order valence-corrected chi connectivity index (χ0v) is 18.5. The Morgan fingerprint density at radius 1 is 0.968 bits per heavy atom.